The Hall–Kier alpha value is -2.96. The lowest BCUT2D eigenvalue weighted by atomic mass is 10.0. The molecule has 4 rings (SSSR count). The molecule has 27 heavy (non-hydrogen) atoms. The monoisotopic (exact) mass is 365 g/mol. The van der Waals surface area contributed by atoms with Gasteiger partial charge in [0.05, 0.1) is 16.6 Å². The van der Waals surface area contributed by atoms with E-state index in [0.717, 1.165) is 29.9 Å². The van der Waals surface area contributed by atoms with Crippen LogP contribution in [0.1, 0.15) is 41.5 Å². The Bertz CT molecular complexity index is 959. The maximum absolute atomic E-state index is 13.3. The summed E-state index contributed by atoms with van der Waals surface area (Å²) in [5.41, 5.74) is 3.77. The number of hydrogen-bond donors (Lipinski definition) is 0. The number of anilines is 1. The molecule has 0 bridgehead atoms. The molecule has 7 heteroatoms. The summed E-state index contributed by atoms with van der Waals surface area (Å²) in [6, 6.07) is 5.90. The number of hydrogen-bond acceptors (Lipinski definition) is 6. The Morgan fingerprint density at radius 2 is 1.85 bits per heavy atom. The predicted octanol–water partition coefficient (Wildman–Crippen LogP) is 3.01. The minimum Gasteiger partial charge on any atom is -0.368 e. The van der Waals surface area contributed by atoms with Crippen LogP contribution in [0.15, 0.2) is 35.1 Å². The van der Waals surface area contributed by atoms with E-state index < -0.39 is 0 Å². The van der Waals surface area contributed by atoms with Crippen molar-refractivity contribution in [3.8, 4) is 0 Å². The number of carbonyl (C=O) groups is 1. The fraction of sp³-hybridized carbons (Fsp3) is 0.400. The Morgan fingerprint density at radius 1 is 1.15 bits per heavy atom. The van der Waals surface area contributed by atoms with Crippen molar-refractivity contribution in [2.45, 2.75) is 26.7 Å². The van der Waals surface area contributed by atoms with E-state index >= 15 is 0 Å². The molecule has 0 spiro atoms. The second kappa shape index (κ2) is 6.98. The molecular weight excluding hydrogens is 342 g/mol. The molecule has 0 saturated carbocycles. The number of rotatable bonds is 3. The quantitative estimate of drug-likeness (QED) is 0.710. The molecule has 0 atom stereocenters. The van der Waals surface area contributed by atoms with Gasteiger partial charge in [0.2, 0.25) is 0 Å². The van der Waals surface area contributed by atoms with E-state index in [2.05, 4.69) is 33.9 Å². The summed E-state index contributed by atoms with van der Waals surface area (Å²) in [5, 5.41) is 4.74. The van der Waals surface area contributed by atoms with Crippen LogP contribution in [0, 0.1) is 6.92 Å². The second-order valence-corrected chi connectivity index (χ2v) is 7.18. The summed E-state index contributed by atoms with van der Waals surface area (Å²) in [4.78, 5) is 26.1. The highest BCUT2D eigenvalue weighted by molar-refractivity contribution is 6.06. The number of aryl methyl sites for hydroxylation is 1. The zero-order chi connectivity index (χ0) is 19.0. The van der Waals surface area contributed by atoms with Crippen LogP contribution in [0.4, 0.5) is 5.69 Å². The molecule has 3 aromatic rings. The van der Waals surface area contributed by atoms with E-state index in [-0.39, 0.29) is 11.8 Å². The van der Waals surface area contributed by atoms with Crippen molar-refractivity contribution >= 4 is 22.7 Å². The molecule has 4 heterocycles. The standard InChI is InChI=1S/C20H23N5O2/c1-13(2)17-12-16(18-14(3)23-27-19(18)22-17)20(26)25-10-8-24(9-11-25)15-4-6-21-7-5-15/h4-7,12-13H,8-11H2,1-3H3. The fourth-order valence-corrected chi connectivity index (χ4v) is 3.47. The van der Waals surface area contributed by atoms with E-state index in [9.17, 15) is 4.79 Å². The normalized spacial score (nSPS) is 15.0. The Kier molecular flexibility index (Phi) is 4.51. The number of amides is 1. The summed E-state index contributed by atoms with van der Waals surface area (Å²) in [6.45, 7) is 8.89. The average molecular weight is 365 g/mol. The van der Waals surface area contributed by atoms with E-state index in [1.54, 1.807) is 12.4 Å². The number of pyridine rings is 2. The highest BCUT2D eigenvalue weighted by Crippen LogP contribution is 2.27. The van der Waals surface area contributed by atoms with E-state index in [1.807, 2.05) is 30.0 Å². The van der Waals surface area contributed by atoms with Crippen molar-refractivity contribution in [1.29, 1.82) is 0 Å². The first-order valence-corrected chi connectivity index (χ1v) is 9.25. The van der Waals surface area contributed by atoms with Crippen LogP contribution in [-0.2, 0) is 0 Å². The summed E-state index contributed by atoms with van der Waals surface area (Å²) in [7, 11) is 0. The van der Waals surface area contributed by atoms with Crippen molar-refractivity contribution in [2.75, 3.05) is 31.1 Å². The lowest BCUT2D eigenvalue weighted by Gasteiger charge is -2.36. The number of piperazine rings is 1. The molecule has 3 aromatic heterocycles. The van der Waals surface area contributed by atoms with Gasteiger partial charge in [0.25, 0.3) is 11.6 Å². The van der Waals surface area contributed by atoms with Gasteiger partial charge in [-0.15, -0.1) is 0 Å². The molecule has 7 nitrogen and oxygen atoms in total. The second-order valence-electron chi connectivity index (χ2n) is 7.18. The SMILES string of the molecule is Cc1noc2nc(C(C)C)cc(C(=O)N3CCN(c4ccncc4)CC3)c12. The van der Waals surface area contributed by atoms with Crippen LogP contribution < -0.4 is 4.90 Å². The highest BCUT2D eigenvalue weighted by atomic mass is 16.5. The third-order valence-corrected chi connectivity index (χ3v) is 5.05. The molecule has 0 radical (unpaired) electrons. The van der Waals surface area contributed by atoms with Crippen molar-refractivity contribution in [3.63, 3.8) is 0 Å². The van der Waals surface area contributed by atoms with Gasteiger partial charge in [0.1, 0.15) is 0 Å². The van der Waals surface area contributed by atoms with Crippen LogP contribution in [0.2, 0.25) is 0 Å². The first-order chi connectivity index (χ1) is 13.0. The van der Waals surface area contributed by atoms with Crippen LogP contribution in [-0.4, -0.2) is 52.1 Å². The van der Waals surface area contributed by atoms with Crippen molar-refractivity contribution in [1.82, 2.24) is 20.0 Å². The van der Waals surface area contributed by atoms with Gasteiger partial charge in [-0.05, 0) is 31.0 Å². The molecular formula is C20H23N5O2. The first kappa shape index (κ1) is 17.5. The van der Waals surface area contributed by atoms with Crippen LogP contribution in [0.5, 0.6) is 0 Å². The van der Waals surface area contributed by atoms with E-state index in [1.165, 1.54) is 0 Å². The smallest absolute Gasteiger partial charge is 0.259 e. The zero-order valence-electron chi connectivity index (χ0n) is 15.8. The van der Waals surface area contributed by atoms with Gasteiger partial charge >= 0.3 is 0 Å². The van der Waals surface area contributed by atoms with Crippen molar-refractivity contribution in [3.05, 3.63) is 47.5 Å². The Balaban J connectivity index is 1.59. The summed E-state index contributed by atoms with van der Waals surface area (Å²) in [6.07, 6.45) is 3.59. The minimum absolute atomic E-state index is 0.0185. The topological polar surface area (TPSA) is 75.4 Å². The molecule has 1 amide bonds. The van der Waals surface area contributed by atoms with Gasteiger partial charge in [-0.25, -0.2) is 4.98 Å². The van der Waals surface area contributed by atoms with Gasteiger partial charge in [0.15, 0.2) is 0 Å². The largest absolute Gasteiger partial charge is 0.368 e. The number of aromatic nitrogens is 3. The van der Waals surface area contributed by atoms with E-state index in [0.29, 0.717) is 30.1 Å². The molecule has 1 saturated heterocycles. The average Bonchev–Trinajstić information content (AvgIpc) is 3.08. The molecule has 0 aliphatic carbocycles. The molecule has 1 aliphatic heterocycles. The Morgan fingerprint density at radius 3 is 2.52 bits per heavy atom. The lowest BCUT2D eigenvalue weighted by molar-refractivity contribution is 0.0748. The van der Waals surface area contributed by atoms with Crippen LogP contribution in [0.3, 0.4) is 0 Å². The molecule has 1 aliphatic rings. The third kappa shape index (κ3) is 3.25. The van der Waals surface area contributed by atoms with Gasteiger partial charge in [-0.3, -0.25) is 9.78 Å². The summed E-state index contributed by atoms with van der Waals surface area (Å²) < 4.78 is 5.35. The molecule has 0 aromatic carbocycles. The zero-order valence-corrected chi connectivity index (χ0v) is 15.8. The molecule has 0 N–H and O–H groups in total. The molecule has 140 valence electrons. The van der Waals surface area contributed by atoms with Gasteiger partial charge in [-0.1, -0.05) is 19.0 Å². The summed E-state index contributed by atoms with van der Waals surface area (Å²) >= 11 is 0. The van der Waals surface area contributed by atoms with Crippen LogP contribution in [0.25, 0.3) is 11.1 Å². The van der Waals surface area contributed by atoms with Crippen molar-refractivity contribution < 1.29 is 9.32 Å². The number of carbonyl (C=O) groups excluding carboxylic acids is 1. The summed E-state index contributed by atoms with van der Waals surface area (Å²) in [5.74, 6) is 0.222. The molecule has 1 fully saturated rings. The number of fused-ring (bicyclic) bond motifs is 1. The third-order valence-electron chi connectivity index (χ3n) is 5.05. The fourth-order valence-electron chi connectivity index (χ4n) is 3.47. The van der Waals surface area contributed by atoms with Crippen LogP contribution >= 0.6 is 0 Å². The highest BCUT2D eigenvalue weighted by Gasteiger charge is 2.26. The Labute approximate surface area is 158 Å². The maximum Gasteiger partial charge on any atom is 0.259 e. The van der Waals surface area contributed by atoms with E-state index in [4.69, 9.17) is 4.52 Å². The van der Waals surface area contributed by atoms with Gasteiger partial charge < -0.3 is 14.3 Å². The van der Waals surface area contributed by atoms with Gasteiger partial charge in [-0.2, -0.15) is 0 Å². The molecule has 0 unspecified atom stereocenters. The lowest BCUT2D eigenvalue weighted by Crippen LogP contribution is -2.48. The predicted molar refractivity (Wildman–Crippen MR) is 103 cm³/mol. The van der Waals surface area contributed by atoms with Gasteiger partial charge in [0, 0.05) is 50.0 Å². The van der Waals surface area contributed by atoms with Crippen molar-refractivity contribution in [2.24, 2.45) is 0 Å². The minimum atomic E-state index is 0.0185. The number of nitrogens with zero attached hydrogens (tertiary/aromatic N) is 5. The maximum atomic E-state index is 13.3. The first-order valence-electron chi connectivity index (χ1n) is 9.25.